The highest BCUT2D eigenvalue weighted by Crippen LogP contribution is 2.26. The molecule has 0 saturated carbocycles. The summed E-state index contributed by atoms with van der Waals surface area (Å²) in [5.41, 5.74) is -0.00730. The molecule has 1 unspecified atom stereocenters. The summed E-state index contributed by atoms with van der Waals surface area (Å²) < 4.78 is 2.68. The largest absolute Gasteiger partial charge is 0.481 e. The summed E-state index contributed by atoms with van der Waals surface area (Å²) in [7, 11) is 0. The molecule has 0 spiro atoms. The van der Waals surface area contributed by atoms with Gasteiger partial charge >= 0.3 is 5.97 Å². The lowest BCUT2D eigenvalue weighted by molar-refractivity contribution is -0.149. The van der Waals surface area contributed by atoms with Gasteiger partial charge in [-0.15, -0.1) is 5.10 Å². The smallest absolute Gasteiger partial charge is 0.311 e. The zero-order chi connectivity index (χ0) is 14.8. The van der Waals surface area contributed by atoms with Crippen molar-refractivity contribution in [1.29, 1.82) is 0 Å². The van der Waals surface area contributed by atoms with Crippen LogP contribution in [0.5, 0.6) is 0 Å². The Morgan fingerprint density at radius 2 is 2.05 bits per heavy atom. The van der Waals surface area contributed by atoms with Gasteiger partial charge in [-0.05, 0) is 58.5 Å². The van der Waals surface area contributed by atoms with Gasteiger partial charge in [0.2, 0.25) is 0 Å². The third-order valence-electron chi connectivity index (χ3n) is 3.43. The fourth-order valence-corrected chi connectivity index (χ4v) is 2.14. The molecule has 106 valence electrons. The van der Waals surface area contributed by atoms with Crippen LogP contribution in [0.1, 0.15) is 20.3 Å². The zero-order valence-electron chi connectivity index (χ0n) is 11.2. The van der Waals surface area contributed by atoms with Gasteiger partial charge < -0.3 is 5.11 Å². The van der Waals surface area contributed by atoms with Crippen molar-refractivity contribution in [2.45, 2.75) is 26.8 Å². The first-order chi connectivity index (χ1) is 9.46. The number of carbonyl (C=O) groups is 1. The average molecular weight is 386 g/mol. The molecule has 1 aromatic carbocycles. The SMILES string of the molecule is CCC(C)(Cn1nnnc1-c1ccc(I)cc1)C(=O)O. The van der Waals surface area contributed by atoms with Crippen LogP contribution in [0, 0.1) is 8.99 Å². The fraction of sp³-hybridized carbons (Fsp3) is 0.385. The van der Waals surface area contributed by atoms with Crippen molar-refractivity contribution in [3.05, 3.63) is 27.8 Å². The van der Waals surface area contributed by atoms with Crippen LogP contribution in [0.2, 0.25) is 0 Å². The molecule has 1 atom stereocenters. The van der Waals surface area contributed by atoms with E-state index in [4.69, 9.17) is 0 Å². The number of halogens is 1. The second-order valence-electron chi connectivity index (χ2n) is 4.89. The Kier molecular flexibility index (Phi) is 4.36. The number of aromatic nitrogens is 4. The number of hydrogen-bond donors (Lipinski definition) is 1. The van der Waals surface area contributed by atoms with Gasteiger partial charge in [0.05, 0.1) is 12.0 Å². The number of aliphatic carboxylic acids is 1. The van der Waals surface area contributed by atoms with E-state index in [0.717, 1.165) is 9.13 Å². The minimum Gasteiger partial charge on any atom is -0.481 e. The van der Waals surface area contributed by atoms with Crippen molar-refractivity contribution >= 4 is 28.6 Å². The lowest BCUT2D eigenvalue weighted by atomic mass is 9.88. The van der Waals surface area contributed by atoms with Gasteiger partial charge in [0.1, 0.15) is 0 Å². The number of nitrogens with zero attached hydrogens (tertiary/aromatic N) is 4. The normalized spacial score (nSPS) is 13.9. The molecule has 2 aromatic rings. The molecular formula is C13H15IN4O2. The molecule has 2 rings (SSSR count). The number of hydrogen-bond acceptors (Lipinski definition) is 4. The molecule has 0 amide bonds. The zero-order valence-corrected chi connectivity index (χ0v) is 13.4. The number of tetrazole rings is 1. The van der Waals surface area contributed by atoms with Crippen molar-refractivity contribution in [1.82, 2.24) is 20.2 Å². The van der Waals surface area contributed by atoms with E-state index < -0.39 is 11.4 Å². The first kappa shape index (κ1) is 14.9. The maximum atomic E-state index is 11.4. The van der Waals surface area contributed by atoms with Crippen molar-refractivity contribution in [3.63, 3.8) is 0 Å². The number of benzene rings is 1. The Morgan fingerprint density at radius 3 is 2.60 bits per heavy atom. The molecule has 1 aromatic heterocycles. The Morgan fingerprint density at radius 1 is 1.40 bits per heavy atom. The number of carboxylic acids is 1. The quantitative estimate of drug-likeness (QED) is 0.799. The van der Waals surface area contributed by atoms with E-state index in [1.54, 1.807) is 11.6 Å². The first-order valence-corrected chi connectivity index (χ1v) is 7.29. The van der Waals surface area contributed by atoms with E-state index in [0.29, 0.717) is 12.2 Å². The summed E-state index contributed by atoms with van der Waals surface area (Å²) in [5.74, 6) is -0.258. The molecule has 0 bridgehead atoms. The van der Waals surface area contributed by atoms with Crippen LogP contribution in [-0.4, -0.2) is 31.3 Å². The van der Waals surface area contributed by atoms with Crippen molar-refractivity contribution < 1.29 is 9.90 Å². The van der Waals surface area contributed by atoms with Crippen molar-refractivity contribution in [2.24, 2.45) is 5.41 Å². The molecule has 0 fully saturated rings. The summed E-state index contributed by atoms with van der Waals surface area (Å²) in [6, 6.07) is 7.78. The molecule has 0 aliphatic carbocycles. The molecule has 0 saturated heterocycles. The third kappa shape index (κ3) is 2.97. The second-order valence-corrected chi connectivity index (χ2v) is 6.13. The standard InChI is InChI=1S/C13H15IN4O2/c1-3-13(2,12(19)20)8-18-11(15-16-17-18)9-4-6-10(14)7-5-9/h4-7H,3,8H2,1-2H3,(H,19,20). The predicted molar refractivity (Wildman–Crippen MR) is 82.0 cm³/mol. The van der Waals surface area contributed by atoms with Crippen molar-refractivity contribution in [3.8, 4) is 11.4 Å². The molecule has 7 heteroatoms. The Labute approximate surface area is 130 Å². The van der Waals surface area contributed by atoms with E-state index >= 15 is 0 Å². The molecule has 0 aliphatic heterocycles. The lowest BCUT2D eigenvalue weighted by Crippen LogP contribution is -2.32. The van der Waals surface area contributed by atoms with Gasteiger partial charge in [0.25, 0.3) is 0 Å². The van der Waals surface area contributed by atoms with Gasteiger partial charge in [0, 0.05) is 9.13 Å². The summed E-state index contributed by atoms with van der Waals surface area (Å²) in [6.45, 7) is 3.80. The fourth-order valence-electron chi connectivity index (χ4n) is 1.78. The van der Waals surface area contributed by atoms with Gasteiger partial charge in [-0.3, -0.25) is 4.79 Å². The van der Waals surface area contributed by atoms with Crippen LogP contribution >= 0.6 is 22.6 Å². The van der Waals surface area contributed by atoms with E-state index in [2.05, 4.69) is 38.1 Å². The van der Waals surface area contributed by atoms with E-state index in [1.165, 1.54) is 0 Å². The monoisotopic (exact) mass is 386 g/mol. The average Bonchev–Trinajstić information content (AvgIpc) is 2.87. The third-order valence-corrected chi connectivity index (χ3v) is 4.15. The molecule has 6 nitrogen and oxygen atoms in total. The molecular weight excluding hydrogens is 371 g/mol. The highest BCUT2D eigenvalue weighted by Gasteiger charge is 2.33. The summed E-state index contributed by atoms with van der Waals surface area (Å²) in [6.07, 6.45) is 0.508. The van der Waals surface area contributed by atoms with E-state index in [-0.39, 0.29) is 6.54 Å². The van der Waals surface area contributed by atoms with Crippen LogP contribution in [-0.2, 0) is 11.3 Å². The summed E-state index contributed by atoms with van der Waals surface area (Å²) in [5, 5.41) is 20.9. The van der Waals surface area contributed by atoms with E-state index in [9.17, 15) is 9.90 Å². The molecule has 0 radical (unpaired) electrons. The number of carboxylic acid groups (broad SMARTS) is 1. The Balaban J connectivity index is 2.34. The lowest BCUT2D eigenvalue weighted by Gasteiger charge is -2.22. The number of rotatable bonds is 5. The van der Waals surface area contributed by atoms with E-state index in [1.807, 2.05) is 31.2 Å². The summed E-state index contributed by atoms with van der Waals surface area (Å²) in [4.78, 5) is 11.4. The minimum absolute atomic E-state index is 0.243. The van der Waals surface area contributed by atoms with Crippen molar-refractivity contribution in [2.75, 3.05) is 0 Å². The molecule has 1 N–H and O–H groups in total. The second kappa shape index (κ2) is 5.86. The minimum atomic E-state index is -0.882. The van der Waals surface area contributed by atoms with Crippen LogP contribution in [0.15, 0.2) is 24.3 Å². The van der Waals surface area contributed by atoms with Crippen LogP contribution in [0.25, 0.3) is 11.4 Å². The maximum absolute atomic E-state index is 11.4. The van der Waals surface area contributed by atoms with Crippen LogP contribution < -0.4 is 0 Å². The van der Waals surface area contributed by atoms with Gasteiger partial charge in [-0.2, -0.15) is 0 Å². The Hall–Kier alpha value is -1.51. The van der Waals surface area contributed by atoms with Gasteiger partial charge in [-0.25, -0.2) is 4.68 Å². The highest BCUT2D eigenvalue weighted by atomic mass is 127. The molecule has 20 heavy (non-hydrogen) atoms. The van der Waals surface area contributed by atoms with Crippen LogP contribution in [0.4, 0.5) is 0 Å². The highest BCUT2D eigenvalue weighted by molar-refractivity contribution is 14.1. The predicted octanol–water partition coefficient (Wildman–Crippen LogP) is 2.45. The molecule has 1 heterocycles. The molecule has 0 aliphatic rings. The van der Waals surface area contributed by atoms with Crippen LogP contribution in [0.3, 0.4) is 0 Å². The maximum Gasteiger partial charge on any atom is 0.311 e. The van der Waals surface area contributed by atoms with Gasteiger partial charge in [-0.1, -0.05) is 19.1 Å². The topological polar surface area (TPSA) is 80.9 Å². The van der Waals surface area contributed by atoms with Gasteiger partial charge in [0.15, 0.2) is 5.82 Å². The summed E-state index contributed by atoms with van der Waals surface area (Å²) >= 11 is 2.22. The first-order valence-electron chi connectivity index (χ1n) is 6.22. The Bertz CT molecular complexity index is 611.